The first-order valence-electron chi connectivity index (χ1n) is 12.7. The van der Waals surface area contributed by atoms with Crippen LogP contribution in [0.4, 0.5) is 4.79 Å². The van der Waals surface area contributed by atoms with Crippen LogP contribution in [0.2, 0.25) is 0 Å². The summed E-state index contributed by atoms with van der Waals surface area (Å²) in [5, 5.41) is 12.7. The third-order valence-corrected chi connectivity index (χ3v) is 6.36. The zero-order valence-corrected chi connectivity index (χ0v) is 22.1. The number of methoxy groups -OCH3 is 1. The van der Waals surface area contributed by atoms with Gasteiger partial charge in [0.25, 0.3) is 0 Å². The quantitative estimate of drug-likeness (QED) is 0.338. The maximum Gasteiger partial charge on any atom is 0.410 e. The Morgan fingerprint density at radius 2 is 1.82 bits per heavy atom. The minimum absolute atomic E-state index is 0.00832. The minimum atomic E-state index is -0.527. The summed E-state index contributed by atoms with van der Waals surface area (Å²) in [5.41, 5.74) is 3.18. The highest BCUT2D eigenvalue weighted by atomic mass is 16.6. The molecule has 1 aliphatic rings. The number of carbonyl (C=O) groups excluding carboxylic acids is 1. The average Bonchev–Trinajstić information content (AvgIpc) is 3.66. The van der Waals surface area contributed by atoms with Crippen molar-refractivity contribution in [1.82, 2.24) is 30.0 Å². The average molecular weight is 517 g/mol. The highest BCUT2D eigenvalue weighted by Crippen LogP contribution is 2.25. The molecule has 1 fully saturated rings. The van der Waals surface area contributed by atoms with Gasteiger partial charge in [-0.2, -0.15) is 4.98 Å². The van der Waals surface area contributed by atoms with Crippen LogP contribution < -0.4 is 4.74 Å². The molecule has 2 aromatic heterocycles. The van der Waals surface area contributed by atoms with E-state index in [2.05, 4.69) is 20.5 Å². The first kappa shape index (κ1) is 25.4. The maximum absolute atomic E-state index is 12.6. The van der Waals surface area contributed by atoms with Crippen LogP contribution in [0.15, 0.2) is 59.3 Å². The van der Waals surface area contributed by atoms with E-state index in [0.717, 1.165) is 41.0 Å². The minimum Gasteiger partial charge on any atom is -0.497 e. The van der Waals surface area contributed by atoms with Crippen LogP contribution in [-0.4, -0.2) is 61.4 Å². The van der Waals surface area contributed by atoms with E-state index in [1.807, 2.05) is 75.5 Å². The predicted molar refractivity (Wildman–Crippen MR) is 141 cm³/mol. The lowest BCUT2D eigenvalue weighted by molar-refractivity contribution is 0.0222. The molecule has 3 heterocycles. The van der Waals surface area contributed by atoms with Crippen LogP contribution in [0.5, 0.6) is 5.75 Å². The molecule has 10 nitrogen and oxygen atoms in total. The Labute approximate surface area is 221 Å². The highest BCUT2D eigenvalue weighted by molar-refractivity contribution is 5.69. The third-order valence-electron chi connectivity index (χ3n) is 6.36. The van der Waals surface area contributed by atoms with E-state index in [1.165, 1.54) is 0 Å². The second-order valence-corrected chi connectivity index (χ2v) is 10.4. The van der Waals surface area contributed by atoms with Crippen LogP contribution in [0.3, 0.4) is 0 Å². The molecular weight excluding hydrogens is 484 g/mol. The molecule has 2 aromatic carbocycles. The number of hydrogen-bond acceptors (Lipinski definition) is 8. The van der Waals surface area contributed by atoms with E-state index in [9.17, 15) is 4.79 Å². The summed E-state index contributed by atoms with van der Waals surface area (Å²) in [6.45, 7) is 6.88. The number of hydrogen-bond donors (Lipinski definition) is 0. The number of nitrogens with zero attached hydrogens (tertiary/aromatic N) is 6. The van der Waals surface area contributed by atoms with Crippen molar-refractivity contribution >= 4 is 6.09 Å². The SMILES string of the molecule is COc1ccc(-c2cn(Cc3ccc(-c4noc(C[C@@H]5CCCN5C(=O)OC(C)(C)C)n4)cc3)nn2)cc1. The predicted octanol–water partition coefficient (Wildman–Crippen LogP) is 4.99. The Hall–Kier alpha value is -4.21. The van der Waals surface area contributed by atoms with Crippen molar-refractivity contribution in [3.63, 3.8) is 0 Å². The second kappa shape index (κ2) is 10.6. The van der Waals surface area contributed by atoms with E-state index in [1.54, 1.807) is 16.7 Å². The van der Waals surface area contributed by atoms with Gasteiger partial charge in [-0.25, -0.2) is 9.48 Å². The van der Waals surface area contributed by atoms with Crippen molar-refractivity contribution < 1.29 is 18.8 Å². The molecule has 1 saturated heterocycles. The summed E-state index contributed by atoms with van der Waals surface area (Å²) >= 11 is 0. The van der Waals surface area contributed by atoms with Gasteiger partial charge >= 0.3 is 6.09 Å². The lowest BCUT2D eigenvalue weighted by atomic mass is 10.1. The Bertz CT molecular complexity index is 1370. The van der Waals surface area contributed by atoms with Crippen LogP contribution in [0.25, 0.3) is 22.6 Å². The summed E-state index contributed by atoms with van der Waals surface area (Å²) in [6, 6.07) is 15.7. The number of rotatable bonds is 7. The number of benzene rings is 2. The highest BCUT2D eigenvalue weighted by Gasteiger charge is 2.33. The molecule has 1 aliphatic heterocycles. The van der Waals surface area contributed by atoms with Crippen molar-refractivity contribution in [3.8, 4) is 28.4 Å². The first-order chi connectivity index (χ1) is 18.3. The van der Waals surface area contributed by atoms with Gasteiger partial charge < -0.3 is 18.9 Å². The summed E-state index contributed by atoms with van der Waals surface area (Å²) in [7, 11) is 1.64. The summed E-state index contributed by atoms with van der Waals surface area (Å²) in [5.74, 6) is 1.84. The van der Waals surface area contributed by atoms with Crippen molar-refractivity contribution in [1.29, 1.82) is 0 Å². The lowest BCUT2D eigenvalue weighted by Gasteiger charge is -2.28. The summed E-state index contributed by atoms with van der Waals surface area (Å²) in [6.07, 6.45) is 3.95. The Kier molecular flexibility index (Phi) is 7.13. The molecule has 38 heavy (non-hydrogen) atoms. The number of aromatic nitrogens is 5. The fourth-order valence-electron chi connectivity index (χ4n) is 4.48. The molecule has 5 rings (SSSR count). The molecule has 0 bridgehead atoms. The molecule has 0 N–H and O–H groups in total. The van der Waals surface area contributed by atoms with E-state index in [0.29, 0.717) is 31.2 Å². The molecule has 0 spiro atoms. The standard InChI is InChI=1S/C28H32N6O4/c1-28(2,3)37-27(35)34-15-5-6-22(34)16-25-29-26(31-38-25)21-9-7-19(8-10-21)17-33-18-24(30-32-33)20-11-13-23(36-4)14-12-20/h7-14,18,22H,5-6,15-17H2,1-4H3/t22-/m0/s1. The fourth-order valence-corrected chi connectivity index (χ4v) is 4.48. The fraction of sp³-hybridized carbons (Fsp3) is 0.393. The van der Waals surface area contributed by atoms with Crippen molar-refractivity contribution in [2.24, 2.45) is 0 Å². The largest absolute Gasteiger partial charge is 0.497 e. The number of ether oxygens (including phenoxy) is 2. The van der Waals surface area contributed by atoms with E-state index in [4.69, 9.17) is 14.0 Å². The lowest BCUT2D eigenvalue weighted by Crippen LogP contribution is -2.40. The molecule has 0 saturated carbocycles. The van der Waals surface area contributed by atoms with Gasteiger partial charge in [0.1, 0.15) is 17.0 Å². The summed E-state index contributed by atoms with van der Waals surface area (Å²) < 4.78 is 18.1. The van der Waals surface area contributed by atoms with Crippen molar-refractivity contribution in [3.05, 3.63) is 66.2 Å². The Balaban J connectivity index is 1.20. The maximum atomic E-state index is 12.6. The molecular formula is C28H32N6O4. The molecule has 1 amide bonds. The topological polar surface area (TPSA) is 108 Å². The van der Waals surface area contributed by atoms with Crippen LogP contribution in [-0.2, 0) is 17.7 Å². The number of amides is 1. The van der Waals surface area contributed by atoms with Crippen LogP contribution in [0, 0.1) is 0 Å². The molecule has 0 radical (unpaired) electrons. The van der Waals surface area contributed by atoms with Gasteiger partial charge in [-0.05, 0) is 63.4 Å². The van der Waals surface area contributed by atoms with E-state index in [-0.39, 0.29) is 12.1 Å². The molecule has 4 aromatic rings. The zero-order valence-electron chi connectivity index (χ0n) is 22.1. The molecule has 198 valence electrons. The van der Waals surface area contributed by atoms with Gasteiger partial charge in [0.2, 0.25) is 11.7 Å². The third kappa shape index (κ3) is 6.01. The van der Waals surface area contributed by atoms with Gasteiger partial charge in [-0.1, -0.05) is 34.6 Å². The van der Waals surface area contributed by atoms with E-state index < -0.39 is 5.60 Å². The first-order valence-corrected chi connectivity index (χ1v) is 12.7. The summed E-state index contributed by atoms with van der Waals surface area (Å²) in [4.78, 5) is 18.9. The number of likely N-dealkylation sites (tertiary alicyclic amines) is 1. The molecule has 0 unspecified atom stereocenters. The van der Waals surface area contributed by atoms with Gasteiger partial charge in [0.15, 0.2) is 0 Å². The molecule has 10 heteroatoms. The Morgan fingerprint density at radius 1 is 1.08 bits per heavy atom. The Morgan fingerprint density at radius 3 is 2.53 bits per heavy atom. The number of carbonyl (C=O) groups is 1. The second-order valence-electron chi connectivity index (χ2n) is 10.4. The van der Waals surface area contributed by atoms with Crippen molar-refractivity contribution in [2.75, 3.05) is 13.7 Å². The van der Waals surface area contributed by atoms with Gasteiger partial charge in [0.05, 0.1) is 19.9 Å². The van der Waals surface area contributed by atoms with Gasteiger partial charge in [-0.3, -0.25) is 0 Å². The normalized spacial score (nSPS) is 15.6. The van der Waals surface area contributed by atoms with Crippen LogP contribution >= 0.6 is 0 Å². The van der Waals surface area contributed by atoms with Crippen LogP contribution in [0.1, 0.15) is 45.1 Å². The zero-order chi connectivity index (χ0) is 26.7. The van der Waals surface area contributed by atoms with Gasteiger partial charge in [-0.15, -0.1) is 5.10 Å². The van der Waals surface area contributed by atoms with Gasteiger partial charge in [0, 0.05) is 30.1 Å². The molecule has 0 aliphatic carbocycles. The molecule has 1 atom stereocenters. The van der Waals surface area contributed by atoms with Crippen molar-refractivity contribution in [2.45, 2.75) is 58.2 Å². The van der Waals surface area contributed by atoms with E-state index >= 15 is 0 Å². The monoisotopic (exact) mass is 516 g/mol. The smallest absolute Gasteiger partial charge is 0.410 e.